The molecule has 0 saturated carbocycles. The molecule has 0 aliphatic heterocycles. The summed E-state index contributed by atoms with van der Waals surface area (Å²) in [5.74, 6) is 1.87. The Labute approximate surface area is 142 Å². The van der Waals surface area contributed by atoms with Gasteiger partial charge in [0.15, 0.2) is 5.76 Å². The van der Waals surface area contributed by atoms with E-state index in [-0.39, 0.29) is 0 Å². The maximum absolute atomic E-state index is 5.67. The van der Waals surface area contributed by atoms with Crippen molar-refractivity contribution in [1.29, 1.82) is 0 Å². The summed E-state index contributed by atoms with van der Waals surface area (Å²) in [5.41, 5.74) is 2.74. The van der Waals surface area contributed by atoms with Gasteiger partial charge in [-0.3, -0.25) is 0 Å². The molecule has 0 fully saturated rings. The minimum absolute atomic E-state index is 0.512. The van der Waals surface area contributed by atoms with Crippen molar-refractivity contribution < 1.29 is 8.94 Å². The minimum Gasteiger partial charge on any atom is -0.411 e. The van der Waals surface area contributed by atoms with E-state index in [4.69, 9.17) is 8.94 Å². The first-order valence-electron chi connectivity index (χ1n) is 7.41. The molecule has 118 valence electrons. The van der Waals surface area contributed by atoms with Crippen LogP contribution in [0.2, 0.25) is 0 Å². The molecule has 4 aromatic rings. The van der Waals surface area contributed by atoms with Gasteiger partial charge in [0.05, 0.1) is 5.69 Å². The van der Waals surface area contributed by atoms with Gasteiger partial charge in [-0.2, -0.15) is 0 Å². The zero-order chi connectivity index (χ0) is 16.2. The third-order valence-corrected chi connectivity index (χ3v) is 4.24. The van der Waals surface area contributed by atoms with E-state index in [1.807, 2.05) is 66.7 Å². The molecule has 0 aliphatic carbocycles. The van der Waals surface area contributed by atoms with Gasteiger partial charge in [0.1, 0.15) is 0 Å². The van der Waals surface area contributed by atoms with E-state index < -0.39 is 0 Å². The number of aromatic nitrogens is 3. The Morgan fingerprint density at radius 3 is 2.29 bits per heavy atom. The zero-order valence-corrected chi connectivity index (χ0v) is 13.4. The summed E-state index contributed by atoms with van der Waals surface area (Å²) in [6.07, 6.45) is 0. The number of nitrogens with zero attached hydrogens (tertiary/aromatic N) is 3. The van der Waals surface area contributed by atoms with Crippen LogP contribution in [0.25, 0.3) is 22.8 Å². The Kier molecular flexibility index (Phi) is 4.12. The highest BCUT2D eigenvalue weighted by Crippen LogP contribution is 2.27. The van der Waals surface area contributed by atoms with Crippen LogP contribution in [0.3, 0.4) is 0 Å². The standard InChI is InChI=1S/C18H13N3O2S/c1-3-7-13(8-4-1)16-11-15(21-23-16)12-24-18-20-19-17(22-18)14-9-5-2-6-10-14/h1-11H,12H2. The molecule has 5 nitrogen and oxygen atoms in total. The van der Waals surface area contributed by atoms with Gasteiger partial charge >= 0.3 is 0 Å². The molecule has 2 aromatic heterocycles. The van der Waals surface area contributed by atoms with Gasteiger partial charge in [-0.1, -0.05) is 65.4 Å². The largest absolute Gasteiger partial charge is 0.411 e. The van der Waals surface area contributed by atoms with Crippen molar-refractivity contribution >= 4 is 11.8 Å². The predicted molar refractivity (Wildman–Crippen MR) is 91.2 cm³/mol. The van der Waals surface area contributed by atoms with E-state index >= 15 is 0 Å². The predicted octanol–water partition coefficient (Wildman–Crippen LogP) is 4.68. The second kappa shape index (κ2) is 6.72. The SMILES string of the molecule is c1ccc(-c2cc(CSc3nnc(-c4ccccc4)o3)no2)cc1. The molecule has 0 atom stereocenters. The third-order valence-electron chi connectivity index (χ3n) is 3.39. The van der Waals surface area contributed by atoms with E-state index in [9.17, 15) is 0 Å². The fraction of sp³-hybridized carbons (Fsp3) is 0.0556. The summed E-state index contributed by atoms with van der Waals surface area (Å²) in [6, 6.07) is 21.5. The van der Waals surface area contributed by atoms with Crippen molar-refractivity contribution in [2.75, 3.05) is 0 Å². The highest BCUT2D eigenvalue weighted by atomic mass is 32.2. The van der Waals surface area contributed by atoms with Gasteiger partial charge in [-0.25, -0.2) is 0 Å². The lowest BCUT2D eigenvalue weighted by molar-refractivity contribution is 0.426. The van der Waals surface area contributed by atoms with E-state index in [1.54, 1.807) is 0 Å². The van der Waals surface area contributed by atoms with Crippen molar-refractivity contribution in [1.82, 2.24) is 15.4 Å². The Balaban J connectivity index is 1.43. The molecule has 0 spiro atoms. The summed E-state index contributed by atoms with van der Waals surface area (Å²) in [4.78, 5) is 0. The maximum Gasteiger partial charge on any atom is 0.277 e. The zero-order valence-electron chi connectivity index (χ0n) is 12.6. The van der Waals surface area contributed by atoms with Crippen LogP contribution in [0, 0.1) is 0 Å². The molecule has 2 aromatic carbocycles. The van der Waals surface area contributed by atoms with Crippen LogP contribution in [0.15, 0.2) is 80.9 Å². The molecule has 0 bridgehead atoms. The van der Waals surface area contributed by atoms with Crippen LogP contribution < -0.4 is 0 Å². The molecular weight excluding hydrogens is 322 g/mol. The lowest BCUT2D eigenvalue weighted by Gasteiger charge is -1.93. The smallest absolute Gasteiger partial charge is 0.277 e. The van der Waals surface area contributed by atoms with Crippen molar-refractivity contribution in [3.8, 4) is 22.8 Å². The molecule has 0 amide bonds. The average molecular weight is 335 g/mol. The average Bonchev–Trinajstić information content (AvgIpc) is 3.31. The second-order valence-electron chi connectivity index (χ2n) is 5.08. The first-order chi connectivity index (χ1) is 11.9. The van der Waals surface area contributed by atoms with Crippen LogP contribution in [0.4, 0.5) is 0 Å². The molecule has 2 heterocycles. The normalized spacial score (nSPS) is 10.8. The Hall–Kier alpha value is -2.86. The molecule has 24 heavy (non-hydrogen) atoms. The van der Waals surface area contributed by atoms with Crippen LogP contribution in [-0.2, 0) is 5.75 Å². The van der Waals surface area contributed by atoms with Crippen LogP contribution in [-0.4, -0.2) is 15.4 Å². The maximum atomic E-state index is 5.67. The Morgan fingerprint density at radius 2 is 1.54 bits per heavy atom. The molecule has 6 heteroatoms. The van der Waals surface area contributed by atoms with E-state index in [0.717, 1.165) is 22.6 Å². The van der Waals surface area contributed by atoms with Gasteiger partial charge in [-0.05, 0) is 12.1 Å². The topological polar surface area (TPSA) is 65.0 Å². The molecule has 0 unspecified atom stereocenters. The van der Waals surface area contributed by atoms with Gasteiger partial charge in [0.25, 0.3) is 5.22 Å². The third kappa shape index (κ3) is 3.23. The van der Waals surface area contributed by atoms with E-state index in [1.165, 1.54) is 11.8 Å². The van der Waals surface area contributed by atoms with Crippen molar-refractivity contribution in [2.24, 2.45) is 0 Å². The number of thioether (sulfide) groups is 1. The number of hydrogen-bond donors (Lipinski definition) is 0. The Morgan fingerprint density at radius 1 is 0.833 bits per heavy atom. The van der Waals surface area contributed by atoms with Crippen LogP contribution in [0.1, 0.15) is 5.69 Å². The lowest BCUT2D eigenvalue weighted by atomic mass is 10.2. The summed E-state index contributed by atoms with van der Waals surface area (Å²) < 4.78 is 11.0. The molecule has 0 radical (unpaired) electrons. The van der Waals surface area contributed by atoms with Gasteiger partial charge in [-0.15, -0.1) is 10.2 Å². The van der Waals surface area contributed by atoms with Crippen LogP contribution in [0.5, 0.6) is 0 Å². The van der Waals surface area contributed by atoms with Gasteiger partial charge in [0, 0.05) is 22.9 Å². The lowest BCUT2D eigenvalue weighted by Crippen LogP contribution is -1.79. The molecule has 0 saturated heterocycles. The van der Waals surface area contributed by atoms with Crippen molar-refractivity contribution in [3.63, 3.8) is 0 Å². The monoisotopic (exact) mass is 335 g/mol. The van der Waals surface area contributed by atoms with Crippen molar-refractivity contribution in [2.45, 2.75) is 11.0 Å². The highest BCUT2D eigenvalue weighted by Gasteiger charge is 2.11. The number of rotatable bonds is 5. The van der Waals surface area contributed by atoms with Crippen molar-refractivity contribution in [3.05, 3.63) is 72.4 Å². The Bertz CT molecular complexity index is 842. The molecular formula is C18H13N3O2S. The fourth-order valence-electron chi connectivity index (χ4n) is 2.22. The molecule has 0 N–H and O–H groups in total. The fourth-order valence-corrected chi connectivity index (χ4v) is 2.86. The first kappa shape index (κ1) is 14.7. The highest BCUT2D eigenvalue weighted by molar-refractivity contribution is 7.98. The van der Waals surface area contributed by atoms with Crippen LogP contribution >= 0.6 is 11.8 Å². The number of benzene rings is 2. The minimum atomic E-state index is 0.512. The number of hydrogen-bond acceptors (Lipinski definition) is 6. The summed E-state index contributed by atoms with van der Waals surface area (Å²) in [7, 11) is 0. The summed E-state index contributed by atoms with van der Waals surface area (Å²) >= 11 is 1.43. The summed E-state index contributed by atoms with van der Waals surface area (Å²) in [6.45, 7) is 0. The quantitative estimate of drug-likeness (QED) is 0.493. The van der Waals surface area contributed by atoms with Gasteiger partial charge in [0.2, 0.25) is 5.89 Å². The van der Waals surface area contributed by atoms with Gasteiger partial charge < -0.3 is 8.94 Å². The van der Waals surface area contributed by atoms with E-state index in [0.29, 0.717) is 16.9 Å². The molecule has 0 aliphatic rings. The van der Waals surface area contributed by atoms with E-state index in [2.05, 4.69) is 15.4 Å². The molecule has 4 rings (SSSR count). The summed E-state index contributed by atoms with van der Waals surface area (Å²) in [5, 5.41) is 12.7. The second-order valence-corrected chi connectivity index (χ2v) is 6.00. The first-order valence-corrected chi connectivity index (χ1v) is 8.40.